The summed E-state index contributed by atoms with van der Waals surface area (Å²) in [5.41, 5.74) is 0. The Labute approximate surface area is 102 Å². The van der Waals surface area contributed by atoms with Crippen molar-refractivity contribution in [2.45, 2.75) is 50.4 Å². The van der Waals surface area contributed by atoms with Crippen LogP contribution in [0.15, 0.2) is 0 Å². The van der Waals surface area contributed by atoms with E-state index in [9.17, 15) is 4.79 Å². The minimum Gasteiger partial charge on any atom is -0.326 e. The summed E-state index contributed by atoms with van der Waals surface area (Å²) in [6.07, 6.45) is 5.80. The highest BCUT2D eigenvalue weighted by atomic mass is 32.2. The Morgan fingerprint density at radius 3 is 2.69 bits per heavy atom. The van der Waals surface area contributed by atoms with Crippen LogP contribution in [0, 0.1) is 5.92 Å². The Bertz CT molecular complexity index is 270. The lowest BCUT2D eigenvalue weighted by Crippen LogP contribution is -2.38. The van der Waals surface area contributed by atoms with Crippen LogP contribution in [0.3, 0.4) is 0 Å². The molecule has 1 saturated carbocycles. The Morgan fingerprint density at radius 2 is 2.19 bits per heavy atom. The normalized spacial score (nSPS) is 35.4. The summed E-state index contributed by atoms with van der Waals surface area (Å²) in [6.45, 7) is 4.98. The van der Waals surface area contributed by atoms with Gasteiger partial charge < -0.3 is 4.90 Å². The largest absolute Gasteiger partial charge is 0.326 e. The molecule has 2 fully saturated rings. The number of hydrogen-bond acceptors (Lipinski definition) is 3. The summed E-state index contributed by atoms with van der Waals surface area (Å²) in [5, 5.41) is 4.10. The van der Waals surface area contributed by atoms with E-state index in [1.165, 1.54) is 19.3 Å². The molecular weight excluding hydrogens is 220 g/mol. The molecule has 0 radical (unpaired) electrons. The maximum Gasteiger partial charge on any atom is 0.241 e. The predicted octanol–water partition coefficient (Wildman–Crippen LogP) is 1.68. The number of carbonyl (C=O) groups excluding carboxylic acids is 1. The first-order valence-corrected chi connectivity index (χ1v) is 7.49. The highest BCUT2D eigenvalue weighted by Gasteiger charge is 2.39. The zero-order valence-corrected chi connectivity index (χ0v) is 11.2. The molecule has 92 valence electrons. The van der Waals surface area contributed by atoms with Gasteiger partial charge in [-0.1, -0.05) is 13.8 Å². The Balaban J connectivity index is 1.95. The molecule has 1 N–H and O–H groups in total. The van der Waals surface area contributed by atoms with Crippen molar-refractivity contribution >= 4 is 17.7 Å². The van der Waals surface area contributed by atoms with Crippen LogP contribution in [0.1, 0.15) is 33.1 Å². The first-order chi connectivity index (χ1) is 7.63. The van der Waals surface area contributed by atoms with Gasteiger partial charge in [0.25, 0.3) is 0 Å². The van der Waals surface area contributed by atoms with Gasteiger partial charge in [0, 0.05) is 11.3 Å². The molecule has 1 heterocycles. The molecule has 3 atom stereocenters. The van der Waals surface area contributed by atoms with Gasteiger partial charge in [0.15, 0.2) is 0 Å². The molecule has 3 unspecified atom stereocenters. The van der Waals surface area contributed by atoms with Gasteiger partial charge in [0.2, 0.25) is 5.91 Å². The third-order valence-corrected chi connectivity index (χ3v) is 4.92. The van der Waals surface area contributed by atoms with Crippen molar-refractivity contribution in [2.24, 2.45) is 5.92 Å². The van der Waals surface area contributed by atoms with E-state index in [1.807, 2.05) is 11.8 Å². The summed E-state index contributed by atoms with van der Waals surface area (Å²) < 4.78 is 0. The summed E-state index contributed by atoms with van der Waals surface area (Å²) in [4.78, 5) is 14.3. The average Bonchev–Trinajstić information content (AvgIpc) is 2.83. The van der Waals surface area contributed by atoms with Gasteiger partial charge in [0.1, 0.15) is 0 Å². The number of rotatable bonds is 3. The number of amides is 1. The highest BCUT2D eigenvalue weighted by Crippen LogP contribution is 2.32. The second-order valence-corrected chi connectivity index (χ2v) is 6.35. The summed E-state index contributed by atoms with van der Waals surface area (Å²) in [7, 11) is 0. The molecule has 1 saturated heterocycles. The number of carbonyl (C=O) groups is 1. The van der Waals surface area contributed by atoms with Gasteiger partial charge in [-0.2, -0.15) is 11.8 Å². The maximum absolute atomic E-state index is 12.2. The predicted molar refractivity (Wildman–Crippen MR) is 68.4 cm³/mol. The zero-order chi connectivity index (χ0) is 11.7. The molecule has 0 aromatic rings. The minimum absolute atomic E-state index is 0.0494. The molecule has 2 aliphatic rings. The van der Waals surface area contributed by atoms with Crippen molar-refractivity contribution in [3.8, 4) is 0 Å². The smallest absolute Gasteiger partial charge is 0.241 e. The zero-order valence-electron chi connectivity index (χ0n) is 10.4. The second-order valence-electron chi connectivity index (χ2n) is 5.22. The number of hydrogen-bond donors (Lipinski definition) is 1. The van der Waals surface area contributed by atoms with Crippen molar-refractivity contribution in [2.75, 3.05) is 12.9 Å². The molecular formula is C12H22N2OS. The third kappa shape index (κ3) is 2.23. The molecule has 0 aromatic heterocycles. The first kappa shape index (κ1) is 12.2. The molecule has 0 bridgehead atoms. The van der Waals surface area contributed by atoms with Crippen LogP contribution in [0.4, 0.5) is 0 Å². The SMILES string of the molecule is CSC1CCC(N2CNC(C(C)C)C2=O)C1. The standard InChI is InChI=1S/C12H22N2OS/c1-8(2)11-12(15)14(7-13-11)9-4-5-10(6-9)16-3/h8-11,13H,4-7H2,1-3H3. The fourth-order valence-electron chi connectivity index (χ4n) is 2.79. The number of thioether (sulfide) groups is 1. The van der Waals surface area contributed by atoms with E-state index >= 15 is 0 Å². The topological polar surface area (TPSA) is 32.3 Å². The van der Waals surface area contributed by atoms with E-state index in [0.29, 0.717) is 17.9 Å². The van der Waals surface area contributed by atoms with Gasteiger partial charge in [-0.3, -0.25) is 10.1 Å². The van der Waals surface area contributed by atoms with Gasteiger partial charge in [-0.05, 0) is 31.4 Å². The van der Waals surface area contributed by atoms with E-state index in [0.717, 1.165) is 11.9 Å². The van der Waals surface area contributed by atoms with Crippen LogP contribution in [-0.4, -0.2) is 41.1 Å². The molecule has 2 rings (SSSR count). The van der Waals surface area contributed by atoms with Crippen LogP contribution in [0.5, 0.6) is 0 Å². The maximum atomic E-state index is 12.2. The van der Waals surface area contributed by atoms with E-state index in [2.05, 4.69) is 30.3 Å². The lowest BCUT2D eigenvalue weighted by Gasteiger charge is -2.23. The van der Waals surface area contributed by atoms with Crippen LogP contribution in [0.2, 0.25) is 0 Å². The molecule has 0 spiro atoms. The van der Waals surface area contributed by atoms with E-state index < -0.39 is 0 Å². The van der Waals surface area contributed by atoms with Gasteiger partial charge in [0.05, 0.1) is 12.7 Å². The Hall–Kier alpha value is -0.220. The van der Waals surface area contributed by atoms with Crippen molar-refractivity contribution in [3.05, 3.63) is 0 Å². The second kappa shape index (κ2) is 4.96. The van der Waals surface area contributed by atoms with Gasteiger partial charge in [-0.25, -0.2) is 0 Å². The van der Waals surface area contributed by atoms with Crippen molar-refractivity contribution in [3.63, 3.8) is 0 Å². The Kier molecular flexibility index (Phi) is 3.80. The molecule has 16 heavy (non-hydrogen) atoms. The molecule has 1 aliphatic carbocycles. The molecule has 3 nitrogen and oxygen atoms in total. The van der Waals surface area contributed by atoms with E-state index in [4.69, 9.17) is 0 Å². The Morgan fingerprint density at radius 1 is 1.44 bits per heavy atom. The van der Waals surface area contributed by atoms with Crippen molar-refractivity contribution < 1.29 is 4.79 Å². The van der Waals surface area contributed by atoms with Crippen LogP contribution < -0.4 is 5.32 Å². The highest BCUT2D eigenvalue weighted by molar-refractivity contribution is 7.99. The molecule has 4 heteroatoms. The lowest BCUT2D eigenvalue weighted by molar-refractivity contribution is -0.131. The number of nitrogens with zero attached hydrogens (tertiary/aromatic N) is 1. The fraction of sp³-hybridized carbons (Fsp3) is 0.917. The minimum atomic E-state index is 0.0494. The van der Waals surface area contributed by atoms with Crippen molar-refractivity contribution in [1.29, 1.82) is 0 Å². The average molecular weight is 242 g/mol. The quantitative estimate of drug-likeness (QED) is 0.817. The van der Waals surface area contributed by atoms with Crippen LogP contribution in [0.25, 0.3) is 0 Å². The van der Waals surface area contributed by atoms with Crippen LogP contribution in [-0.2, 0) is 4.79 Å². The third-order valence-electron chi connectivity index (χ3n) is 3.83. The van der Waals surface area contributed by atoms with E-state index in [1.54, 1.807) is 0 Å². The summed E-state index contributed by atoms with van der Waals surface area (Å²) >= 11 is 1.94. The summed E-state index contributed by atoms with van der Waals surface area (Å²) in [5.74, 6) is 0.719. The first-order valence-electron chi connectivity index (χ1n) is 6.20. The number of nitrogens with one attached hydrogen (secondary N) is 1. The van der Waals surface area contributed by atoms with E-state index in [-0.39, 0.29) is 6.04 Å². The molecule has 1 amide bonds. The van der Waals surface area contributed by atoms with Crippen molar-refractivity contribution in [1.82, 2.24) is 10.2 Å². The monoisotopic (exact) mass is 242 g/mol. The fourth-order valence-corrected chi connectivity index (χ4v) is 3.57. The van der Waals surface area contributed by atoms with Gasteiger partial charge >= 0.3 is 0 Å². The van der Waals surface area contributed by atoms with Gasteiger partial charge in [-0.15, -0.1) is 0 Å². The van der Waals surface area contributed by atoms with Crippen LogP contribution >= 0.6 is 11.8 Å². The summed E-state index contributed by atoms with van der Waals surface area (Å²) in [6, 6.07) is 0.537. The molecule has 1 aliphatic heterocycles. The lowest BCUT2D eigenvalue weighted by atomic mass is 10.0. The molecule has 0 aromatic carbocycles.